The summed E-state index contributed by atoms with van der Waals surface area (Å²) in [6.07, 6.45) is 0. The summed E-state index contributed by atoms with van der Waals surface area (Å²) in [5, 5.41) is 0. The first-order chi connectivity index (χ1) is 4.33. The molecule has 1 unspecified atom stereocenters. The fourth-order valence-corrected chi connectivity index (χ4v) is 0.476. The number of hydrogen-bond donors (Lipinski definition) is 0. The maximum atomic E-state index is 10.9. The van der Waals surface area contributed by atoms with Crippen LogP contribution in [0.5, 0.6) is 0 Å². The predicted octanol–water partition coefficient (Wildman–Crippen LogP) is 2.11. The van der Waals surface area contributed by atoms with Crippen molar-refractivity contribution < 1.29 is 29.0 Å². The van der Waals surface area contributed by atoms with E-state index < -0.39 is 0 Å². The second kappa shape index (κ2) is 5.26. The number of ether oxygens (including phenoxy) is 1. The van der Waals surface area contributed by atoms with E-state index in [1.54, 1.807) is 6.92 Å². The first-order valence-electron chi connectivity index (χ1n) is 3.20. The van der Waals surface area contributed by atoms with Crippen LogP contribution in [0.25, 0.3) is 0 Å². The van der Waals surface area contributed by atoms with Crippen molar-refractivity contribution in [2.45, 2.75) is 38.1 Å². The second-order valence-electron chi connectivity index (χ2n) is 3.15. The van der Waals surface area contributed by atoms with E-state index in [9.17, 15) is 4.79 Å². The Morgan fingerprint density at radius 1 is 1.45 bits per heavy atom. The molecule has 0 bridgehead atoms. The summed E-state index contributed by atoms with van der Waals surface area (Å²) in [6.45, 7) is 7.29. The van der Waals surface area contributed by atoms with E-state index in [1.165, 1.54) is 0 Å². The molecule has 0 aliphatic carbocycles. The molecule has 0 aliphatic heterocycles. The molecule has 4 heteroatoms. The molecule has 0 radical (unpaired) electrons. The Kier molecular flexibility index (Phi) is 6.75. The largest absolute Gasteiger partial charge is 0.459 e. The van der Waals surface area contributed by atoms with Gasteiger partial charge in [-0.25, -0.2) is 0 Å². The van der Waals surface area contributed by atoms with Gasteiger partial charge >= 0.3 is 5.97 Å². The van der Waals surface area contributed by atoms with Gasteiger partial charge in [0.2, 0.25) is 0 Å². The molecule has 0 aromatic carbocycles. The summed E-state index contributed by atoms with van der Waals surface area (Å²) in [4.78, 5) is 10.7. The van der Waals surface area contributed by atoms with Gasteiger partial charge in [0.15, 0.2) is 0 Å². The van der Waals surface area contributed by atoms with Crippen LogP contribution in [0, 0.1) is 0 Å². The molecule has 11 heavy (non-hydrogen) atoms. The van der Waals surface area contributed by atoms with Gasteiger partial charge in [-0.2, -0.15) is 0 Å². The third-order valence-corrected chi connectivity index (χ3v) is 1.11. The van der Waals surface area contributed by atoms with Crippen LogP contribution in [0.2, 0.25) is 0 Å². The van der Waals surface area contributed by atoms with Gasteiger partial charge < -0.3 is 4.74 Å². The molecule has 0 heterocycles. The summed E-state index contributed by atoms with van der Waals surface area (Å²) >= 11 is 3.12. The molecular formula is C7H13BrO2Zn. The van der Waals surface area contributed by atoms with Crippen LogP contribution in [-0.4, -0.2) is 16.4 Å². The van der Waals surface area contributed by atoms with Crippen LogP contribution >= 0.6 is 15.9 Å². The molecule has 2 nitrogen and oxygen atoms in total. The van der Waals surface area contributed by atoms with E-state index >= 15 is 0 Å². The average molecular weight is 274 g/mol. The molecule has 62 valence electrons. The fraction of sp³-hybridized carbons (Fsp3) is 0.857. The van der Waals surface area contributed by atoms with Crippen LogP contribution in [0.1, 0.15) is 27.7 Å². The minimum Gasteiger partial charge on any atom is -0.459 e. The van der Waals surface area contributed by atoms with Crippen molar-refractivity contribution in [2.75, 3.05) is 0 Å². The Morgan fingerprint density at radius 3 is 1.91 bits per heavy atom. The van der Waals surface area contributed by atoms with Gasteiger partial charge in [0.05, 0.1) is 0 Å². The summed E-state index contributed by atoms with van der Waals surface area (Å²) in [7, 11) is 0. The first kappa shape index (κ1) is 14.1. The predicted molar refractivity (Wildman–Crippen MR) is 44.2 cm³/mol. The minimum atomic E-state index is -0.376. The van der Waals surface area contributed by atoms with E-state index in [0.29, 0.717) is 0 Å². The second-order valence-corrected chi connectivity index (χ2v) is 4.52. The number of hydrogen-bond acceptors (Lipinski definition) is 2. The maximum absolute atomic E-state index is 10.9. The quantitative estimate of drug-likeness (QED) is 0.416. The number of rotatable bonds is 1. The third-order valence-electron chi connectivity index (χ3n) is 0.732. The van der Waals surface area contributed by atoms with Crippen molar-refractivity contribution in [2.24, 2.45) is 0 Å². The van der Waals surface area contributed by atoms with Gasteiger partial charge in [-0.05, 0) is 27.7 Å². The van der Waals surface area contributed by atoms with Crippen molar-refractivity contribution in [1.29, 1.82) is 0 Å². The van der Waals surface area contributed by atoms with Gasteiger partial charge in [-0.1, -0.05) is 15.9 Å². The molecular weight excluding hydrogens is 261 g/mol. The molecule has 0 aromatic rings. The number of carbonyl (C=O) groups excluding carboxylic acids is 1. The van der Waals surface area contributed by atoms with Gasteiger partial charge in [0.25, 0.3) is 0 Å². The van der Waals surface area contributed by atoms with E-state index in [1.807, 2.05) is 20.8 Å². The Morgan fingerprint density at radius 2 is 1.82 bits per heavy atom. The van der Waals surface area contributed by atoms with Gasteiger partial charge in [-0.3, -0.25) is 4.79 Å². The zero-order chi connectivity index (χ0) is 8.36. The summed E-state index contributed by atoms with van der Waals surface area (Å²) < 4.78 is 5.01. The molecule has 0 fully saturated rings. The summed E-state index contributed by atoms with van der Waals surface area (Å²) in [6, 6.07) is 0. The van der Waals surface area contributed by atoms with Crippen molar-refractivity contribution in [3.05, 3.63) is 0 Å². The van der Waals surface area contributed by atoms with Crippen LogP contribution in [0.15, 0.2) is 0 Å². The zero-order valence-electron chi connectivity index (χ0n) is 7.48. The number of esters is 1. The van der Waals surface area contributed by atoms with E-state index in [0.717, 1.165) is 0 Å². The van der Waals surface area contributed by atoms with Crippen LogP contribution in [0.3, 0.4) is 0 Å². The smallest absolute Gasteiger partial charge is 0.319 e. The molecule has 0 aliphatic rings. The van der Waals surface area contributed by atoms with E-state index in [-0.39, 0.29) is 35.9 Å². The van der Waals surface area contributed by atoms with E-state index in [4.69, 9.17) is 4.74 Å². The summed E-state index contributed by atoms with van der Waals surface area (Å²) in [5.74, 6) is -0.215. The minimum absolute atomic E-state index is 0. The first-order valence-corrected chi connectivity index (χ1v) is 4.11. The molecule has 1 atom stereocenters. The van der Waals surface area contributed by atoms with Crippen LogP contribution in [0.4, 0.5) is 0 Å². The zero-order valence-corrected chi connectivity index (χ0v) is 12.0. The third kappa shape index (κ3) is 8.48. The standard InChI is InChI=1S/C7H13BrO2.Zn/c1-5(8)6(9)10-7(2,3)4;/h5H,1-4H3;. The molecule has 0 saturated heterocycles. The van der Waals surface area contributed by atoms with Crippen molar-refractivity contribution in [1.82, 2.24) is 0 Å². The monoisotopic (exact) mass is 272 g/mol. The Labute approximate surface area is 89.0 Å². The normalized spacial score (nSPS) is 13.2. The van der Waals surface area contributed by atoms with E-state index in [2.05, 4.69) is 15.9 Å². The average Bonchev–Trinajstić information content (AvgIpc) is 1.60. The van der Waals surface area contributed by atoms with Gasteiger partial charge in [0.1, 0.15) is 10.4 Å². The molecule has 0 aromatic heterocycles. The topological polar surface area (TPSA) is 26.3 Å². The van der Waals surface area contributed by atoms with Crippen molar-refractivity contribution in [3.8, 4) is 0 Å². The Balaban J connectivity index is 0. The number of carbonyl (C=O) groups is 1. The molecule has 0 saturated carbocycles. The Bertz CT molecular complexity index is 129. The van der Waals surface area contributed by atoms with Gasteiger partial charge in [0, 0.05) is 19.5 Å². The molecule has 0 amide bonds. The van der Waals surface area contributed by atoms with Crippen molar-refractivity contribution in [3.63, 3.8) is 0 Å². The number of alkyl halides is 1. The summed E-state index contributed by atoms with van der Waals surface area (Å²) in [5.41, 5.74) is -0.376. The fourth-order valence-electron chi connectivity index (χ4n) is 0.383. The molecule has 0 spiro atoms. The van der Waals surface area contributed by atoms with Crippen LogP contribution in [-0.2, 0) is 29.0 Å². The maximum Gasteiger partial charge on any atom is 0.319 e. The van der Waals surface area contributed by atoms with Gasteiger partial charge in [-0.15, -0.1) is 0 Å². The molecule has 0 rings (SSSR count). The Hall–Kier alpha value is 0.573. The SMILES string of the molecule is CC(Br)C(=O)OC(C)(C)C.[Zn]. The van der Waals surface area contributed by atoms with Crippen molar-refractivity contribution >= 4 is 21.9 Å². The molecule has 0 N–H and O–H groups in total. The van der Waals surface area contributed by atoms with Crippen LogP contribution < -0.4 is 0 Å². The number of halogens is 1.